The third-order valence-electron chi connectivity index (χ3n) is 2.63. The summed E-state index contributed by atoms with van der Waals surface area (Å²) in [6, 6.07) is 5.46. The van der Waals surface area contributed by atoms with E-state index in [2.05, 4.69) is 15.5 Å². The molecular formula is C12H14ClN3O. The Bertz CT molecular complexity index is 586. The molecule has 0 fully saturated rings. The molecule has 2 rings (SSSR count). The smallest absolute Gasteiger partial charge is 0.264 e. The summed E-state index contributed by atoms with van der Waals surface area (Å²) in [7, 11) is 0. The average Bonchev–Trinajstić information content (AvgIpc) is 2.68. The molecule has 2 aromatic rings. The number of halogens is 1. The molecule has 1 aromatic heterocycles. The van der Waals surface area contributed by atoms with Gasteiger partial charge in [-0.05, 0) is 37.1 Å². The van der Waals surface area contributed by atoms with Gasteiger partial charge in [-0.3, -0.25) is 9.89 Å². The molecule has 3 N–H and O–H groups in total. The van der Waals surface area contributed by atoms with E-state index in [1.165, 1.54) is 6.07 Å². The number of aryl methyl sites for hydroxylation is 2. The summed E-state index contributed by atoms with van der Waals surface area (Å²) in [4.78, 5) is 10.9. The summed E-state index contributed by atoms with van der Waals surface area (Å²) in [6.07, 6.45) is 0. The fourth-order valence-corrected chi connectivity index (χ4v) is 1.85. The Morgan fingerprint density at radius 1 is 1.18 bits per heavy atom. The van der Waals surface area contributed by atoms with Gasteiger partial charge < -0.3 is 10.4 Å². The van der Waals surface area contributed by atoms with Gasteiger partial charge in [-0.2, -0.15) is 0 Å². The van der Waals surface area contributed by atoms with Crippen molar-refractivity contribution in [1.82, 2.24) is 10.2 Å². The maximum atomic E-state index is 10.9. The van der Waals surface area contributed by atoms with E-state index in [-0.39, 0.29) is 5.56 Å². The van der Waals surface area contributed by atoms with Crippen LogP contribution in [0.2, 0.25) is 5.02 Å². The maximum absolute atomic E-state index is 10.9. The summed E-state index contributed by atoms with van der Waals surface area (Å²) < 4.78 is 0. The van der Waals surface area contributed by atoms with Crippen LogP contribution in [0.25, 0.3) is 0 Å². The summed E-state index contributed by atoms with van der Waals surface area (Å²) in [5.74, 6) is 0. The molecule has 0 aliphatic rings. The summed E-state index contributed by atoms with van der Waals surface area (Å²) >= 11 is 6.03. The third-order valence-corrected chi connectivity index (χ3v) is 3.03. The van der Waals surface area contributed by atoms with Crippen LogP contribution < -0.4 is 10.9 Å². The molecule has 0 radical (unpaired) electrons. The first-order chi connectivity index (χ1) is 8.06. The summed E-state index contributed by atoms with van der Waals surface area (Å²) in [5, 5.41) is 9.32. The molecule has 0 spiro atoms. The van der Waals surface area contributed by atoms with E-state index in [0.29, 0.717) is 6.54 Å². The van der Waals surface area contributed by atoms with Crippen LogP contribution in [0.15, 0.2) is 23.0 Å². The van der Waals surface area contributed by atoms with Crippen LogP contribution in [-0.2, 0) is 6.54 Å². The van der Waals surface area contributed by atoms with Crippen molar-refractivity contribution in [2.24, 2.45) is 0 Å². The van der Waals surface area contributed by atoms with Crippen molar-refractivity contribution in [3.05, 3.63) is 50.4 Å². The molecular weight excluding hydrogens is 238 g/mol. The normalized spacial score (nSPS) is 10.5. The first-order valence-corrected chi connectivity index (χ1v) is 5.71. The molecule has 0 aliphatic heterocycles. The molecule has 1 heterocycles. The van der Waals surface area contributed by atoms with Crippen molar-refractivity contribution in [2.45, 2.75) is 20.4 Å². The van der Waals surface area contributed by atoms with Crippen molar-refractivity contribution in [3.63, 3.8) is 0 Å². The van der Waals surface area contributed by atoms with Gasteiger partial charge in [0.1, 0.15) is 0 Å². The third kappa shape index (κ3) is 2.71. The summed E-state index contributed by atoms with van der Waals surface area (Å²) in [6.45, 7) is 4.53. The van der Waals surface area contributed by atoms with E-state index in [4.69, 9.17) is 11.6 Å². The highest BCUT2D eigenvalue weighted by Gasteiger charge is 2.03. The average molecular weight is 252 g/mol. The topological polar surface area (TPSA) is 60.7 Å². The zero-order chi connectivity index (χ0) is 12.4. The highest BCUT2D eigenvalue weighted by atomic mass is 35.5. The van der Waals surface area contributed by atoms with Crippen LogP contribution >= 0.6 is 11.6 Å². The van der Waals surface area contributed by atoms with Crippen LogP contribution in [0.5, 0.6) is 0 Å². The second-order valence-electron chi connectivity index (χ2n) is 4.05. The Morgan fingerprint density at radius 3 is 2.59 bits per heavy atom. The standard InChI is InChI=1S/C12H14ClN3O/c1-7-4-11(8(2)3-10(7)13)14-6-9-5-12(17)16-15-9/h3-5,14H,6H2,1-2H3,(H2,15,16,17). The zero-order valence-electron chi connectivity index (χ0n) is 9.73. The summed E-state index contributed by atoms with van der Waals surface area (Å²) in [5.41, 5.74) is 3.84. The molecule has 90 valence electrons. The maximum Gasteiger partial charge on any atom is 0.264 e. The van der Waals surface area contributed by atoms with Crippen LogP contribution in [-0.4, -0.2) is 10.2 Å². The van der Waals surface area contributed by atoms with Gasteiger partial charge in [0.15, 0.2) is 0 Å². The number of rotatable bonds is 3. The van der Waals surface area contributed by atoms with E-state index in [1.54, 1.807) is 0 Å². The van der Waals surface area contributed by atoms with Gasteiger partial charge in [0.2, 0.25) is 0 Å². The van der Waals surface area contributed by atoms with Gasteiger partial charge >= 0.3 is 0 Å². The van der Waals surface area contributed by atoms with Crippen molar-refractivity contribution in [3.8, 4) is 0 Å². The van der Waals surface area contributed by atoms with Gasteiger partial charge in [0, 0.05) is 16.8 Å². The number of nitrogens with one attached hydrogen (secondary N) is 3. The lowest BCUT2D eigenvalue weighted by atomic mass is 10.1. The fraction of sp³-hybridized carbons (Fsp3) is 0.250. The van der Waals surface area contributed by atoms with E-state index < -0.39 is 0 Å². The first kappa shape index (κ1) is 11.8. The first-order valence-electron chi connectivity index (χ1n) is 5.33. The largest absolute Gasteiger partial charge is 0.379 e. The number of anilines is 1. The van der Waals surface area contributed by atoms with Crippen LogP contribution in [0, 0.1) is 13.8 Å². The van der Waals surface area contributed by atoms with Crippen LogP contribution in [0.3, 0.4) is 0 Å². The Kier molecular flexibility index (Phi) is 3.24. The number of hydrogen-bond donors (Lipinski definition) is 3. The number of H-pyrrole nitrogens is 2. The number of benzene rings is 1. The Hall–Kier alpha value is -1.68. The molecule has 1 aromatic carbocycles. The monoisotopic (exact) mass is 251 g/mol. The second-order valence-corrected chi connectivity index (χ2v) is 4.46. The fourth-order valence-electron chi connectivity index (χ4n) is 1.63. The minimum absolute atomic E-state index is 0.120. The van der Waals surface area contributed by atoms with Crippen LogP contribution in [0.4, 0.5) is 5.69 Å². The Morgan fingerprint density at radius 2 is 1.94 bits per heavy atom. The predicted molar refractivity (Wildman–Crippen MR) is 69.7 cm³/mol. The lowest BCUT2D eigenvalue weighted by molar-refractivity contribution is 0.969. The SMILES string of the molecule is Cc1cc(NCc2cc(=O)[nH][nH]2)c(C)cc1Cl. The highest BCUT2D eigenvalue weighted by molar-refractivity contribution is 6.31. The zero-order valence-corrected chi connectivity index (χ0v) is 10.5. The van der Waals surface area contributed by atoms with Gasteiger partial charge in [-0.1, -0.05) is 11.6 Å². The predicted octanol–water partition coefficient (Wildman–Crippen LogP) is 2.59. The lowest BCUT2D eigenvalue weighted by Crippen LogP contribution is -2.02. The lowest BCUT2D eigenvalue weighted by Gasteiger charge is -2.10. The molecule has 4 nitrogen and oxygen atoms in total. The van der Waals surface area contributed by atoms with Crippen LogP contribution in [0.1, 0.15) is 16.8 Å². The Balaban J connectivity index is 2.14. The second kappa shape index (κ2) is 4.67. The van der Waals surface area contributed by atoms with E-state index in [0.717, 1.165) is 27.5 Å². The van der Waals surface area contributed by atoms with E-state index >= 15 is 0 Å². The minimum Gasteiger partial charge on any atom is -0.379 e. The highest BCUT2D eigenvalue weighted by Crippen LogP contribution is 2.24. The van der Waals surface area contributed by atoms with Crippen molar-refractivity contribution in [2.75, 3.05) is 5.32 Å². The van der Waals surface area contributed by atoms with E-state index in [9.17, 15) is 4.79 Å². The molecule has 0 aliphatic carbocycles. The molecule has 0 saturated carbocycles. The molecule has 0 amide bonds. The van der Waals surface area contributed by atoms with Crippen molar-refractivity contribution < 1.29 is 0 Å². The van der Waals surface area contributed by atoms with Gasteiger partial charge in [-0.15, -0.1) is 0 Å². The van der Waals surface area contributed by atoms with Gasteiger partial charge in [-0.25, -0.2) is 0 Å². The number of aromatic amines is 2. The molecule has 0 atom stereocenters. The van der Waals surface area contributed by atoms with Gasteiger partial charge in [0.25, 0.3) is 5.56 Å². The molecule has 17 heavy (non-hydrogen) atoms. The molecule has 0 bridgehead atoms. The van der Waals surface area contributed by atoms with E-state index in [1.807, 2.05) is 26.0 Å². The van der Waals surface area contributed by atoms with Gasteiger partial charge in [0.05, 0.1) is 12.2 Å². The quantitative estimate of drug-likeness (QED) is 0.785. The van der Waals surface area contributed by atoms with Crippen molar-refractivity contribution >= 4 is 17.3 Å². The number of aromatic nitrogens is 2. The minimum atomic E-state index is -0.120. The molecule has 0 saturated heterocycles. The number of hydrogen-bond acceptors (Lipinski definition) is 2. The Labute approximate surface area is 104 Å². The molecule has 0 unspecified atom stereocenters. The van der Waals surface area contributed by atoms with Crippen molar-refractivity contribution in [1.29, 1.82) is 0 Å². The molecule has 5 heteroatoms.